The molecule has 2 amide bonds. The second kappa shape index (κ2) is 8.25. The fourth-order valence-corrected chi connectivity index (χ4v) is 3.45. The third-order valence-electron chi connectivity index (χ3n) is 5.10. The number of benzene rings is 2. The topological polar surface area (TPSA) is 52.6 Å². The number of carbonyl (C=O) groups excluding carboxylic acids is 2. The Hall–Kier alpha value is -2.82. The van der Waals surface area contributed by atoms with E-state index in [0.29, 0.717) is 6.54 Å². The molecule has 1 aliphatic rings. The first-order chi connectivity index (χ1) is 13.0. The standard InChI is InChI=1S/C22H27N3O2/c1-4-24(5-2)19-10-12-20(13-11-19)25-15-17(14-21(25)26)22(27)23-18-8-6-16(3)7-9-18/h6-13,17H,4-5,14-15H2,1-3H3,(H,23,27). The largest absolute Gasteiger partial charge is 0.372 e. The van der Waals surface area contributed by atoms with Crippen molar-refractivity contribution in [1.82, 2.24) is 0 Å². The van der Waals surface area contributed by atoms with Crippen molar-refractivity contribution in [2.75, 3.05) is 34.8 Å². The highest BCUT2D eigenvalue weighted by Gasteiger charge is 2.35. The average molecular weight is 365 g/mol. The van der Waals surface area contributed by atoms with E-state index in [9.17, 15) is 9.59 Å². The summed E-state index contributed by atoms with van der Waals surface area (Å²) in [4.78, 5) is 29.0. The monoisotopic (exact) mass is 365 g/mol. The highest BCUT2D eigenvalue weighted by atomic mass is 16.2. The normalized spacial score (nSPS) is 16.5. The minimum absolute atomic E-state index is 0.00496. The predicted molar refractivity (Wildman–Crippen MR) is 110 cm³/mol. The van der Waals surface area contributed by atoms with Crippen molar-refractivity contribution in [3.63, 3.8) is 0 Å². The fourth-order valence-electron chi connectivity index (χ4n) is 3.45. The van der Waals surface area contributed by atoms with Crippen molar-refractivity contribution < 1.29 is 9.59 Å². The molecule has 1 unspecified atom stereocenters. The summed E-state index contributed by atoms with van der Waals surface area (Å²) in [7, 11) is 0. The summed E-state index contributed by atoms with van der Waals surface area (Å²) in [6.07, 6.45) is 0.246. The first kappa shape index (κ1) is 19.0. The molecule has 1 fully saturated rings. The molecule has 5 heteroatoms. The van der Waals surface area contributed by atoms with Gasteiger partial charge in [-0.05, 0) is 57.2 Å². The van der Waals surface area contributed by atoms with Crippen LogP contribution in [-0.2, 0) is 9.59 Å². The molecule has 1 aliphatic heterocycles. The lowest BCUT2D eigenvalue weighted by Crippen LogP contribution is -2.28. The zero-order chi connectivity index (χ0) is 19.4. The summed E-state index contributed by atoms with van der Waals surface area (Å²) in [6, 6.07) is 15.7. The molecule has 0 bridgehead atoms. The molecule has 1 heterocycles. The number of hydrogen-bond acceptors (Lipinski definition) is 3. The maximum Gasteiger partial charge on any atom is 0.229 e. The number of nitrogens with zero attached hydrogens (tertiary/aromatic N) is 2. The van der Waals surface area contributed by atoms with E-state index < -0.39 is 0 Å². The molecule has 0 spiro atoms. The summed E-state index contributed by atoms with van der Waals surface area (Å²) in [5.41, 5.74) is 3.90. The van der Waals surface area contributed by atoms with Gasteiger partial charge >= 0.3 is 0 Å². The summed E-state index contributed by atoms with van der Waals surface area (Å²) in [6.45, 7) is 8.56. The van der Waals surface area contributed by atoms with Crippen LogP contribution >= 0.6 is 0 Å². The summed E-state index contributed by atoms with van der Waals surface area (Å²) in [5.74, 6) is -0.439. The quantitative estimate of drug-likeness (QED) is 0.846. The molecule has 3 rings (SSSR count). The van der Waals surface area contributed by atoms with Crippen molar-refractivity contribution in [3.05, 3.63) is 54.1 Å². The molecule has 1 saturated heterocycles. The molecular weight excluding hydrogens is 338 g/mol. The zero-order valence-electron chi connectivity index (χ0n) is 16.2. The van der Waals surface area contributed by atoms with E-state index in [0.717, 1.165) is 35.7 Å². The number of anilines is 3. The van der Waals surface area contributed by atoms with Gasteiger partial charge in [0.05, 0.1) is 5.92 Å². The van der Waals surface area contributed by atoms with Gasteiger partial charge in [0.15, 0.2) is 0 Å². The number of amides is 2. The number of carbonyl (C=O) groups is 2. The van der Waals surface area contributed by atoms with E-state index >= 15 is 0 Å². The number of aryl methyl sites for hydroxylation is 1. The van der Waals surface area contributed by atoms with Crippen LogP contribution in [0.25, 0.3) is 0 Å². The maximum atomic E-state index is 12.5. The van der Waals surface area contributed by atoms with Gasteiger partial charge < -0.3 is 15.1 Å². The van der Waals surface area contributed by atoms with Gasteiger partial charge in [-0.15, -0.1) is 0 Å². The van der Waals surface area contributed by atoms with Gasteiger partial charge in [0.25, 0.3) is 0 Å². The van der Waals surface area contributed by atoms with E-state index in [1.807, 2.05) is 55.5 Å². The summed E-state index contributed by atoms with van der Waals surface area (Å²) in [5, 5.41) is 2.92. The average Bonchev–Trinajstić information content (AvgIpc) is 3.07. The van der Waals surface area contributed by atoms with E-state index in [-0.39, 0.29) is 24.2 Å². The molecule has 2 aromatic carbocycles. The van der Waals surface area contributed by atoms with Crippen LogP contribution < -0.4 is 15.1 Å². The molecule has 0 saturated carbocycles. The summed E-state index contributed by atoms with van der Waals surface area (Å²) < 4.78 is 0. The van der Waals surface area contributed by atoms with Crippen molar-refractivity contribution in [1.29, 1.82) is 0 Å². The lowest BCUT2D eigenvalue weighted by molar-refractivity contribution is -0.122. The van der Waals surface area contributed by atoms with Crippen molar-refractivity contribution in [3.8, 4) is 0 Å². The smallest absolute Gasteiger partial charge is 0.229 e. The third-order valence-corrected chi connectivity index (χ3v) is 5.10. The number of rotatable bonds is 6. The Kier molecular flexibility index (Phi) is 5.79. The van der Waals surface area contributed by atoms with Gasteiger partial charge in [-0.1, -0.05) is 17.7 Å². The molecule has 2 aromatic rings. The van der Waals surface area contributed by atoms with E-state index in [4.69, 9.17) is 0 Å². The van der Waals surface area contributed by atoms with Gasteiger partial charge in [0.1, 0.15) is 0 Å². The van der Waals surface area contributed by atoms with Crippen LogP contribution in [0.5, 0.6) is 0 Å². The molecule has 0 aliphatic carbocycles. The lowest BCUT2D eigenvalue weighted by atomic mass is 10.1. The zero-order valence-corrected chi connectivity index (χ0v) is 16.2. The molecule has 5 nitrogen and oxygen atoms in total. The molecule has 0 aromatic heterocycles. The Morgan fingerprint density at radius 2 is 1.70 bits per heavy atom. The molecule has 27 heavy (non-hydrogen) atoms. The third kappa shape index (κ3) is 4.30. The van der Waals surface area contributed by atoms with Crippen molar-refractivity contribution in [2.45, 2.75) is 27.2 Å². The van der Waals surface area contributed by atoms with Gasteiger partial charge in [-0.25, -0.2) is 0 Å². The van der Waals surface area contributed by atoms with Gasteiger partial charge in [0.2, 0.25) is 11.8 Å². The number of nitrogens with one attached hydrogen (secondary N) is 1. The van der Waals surface area contributed by atoms with Gasteiger partial charge in [0, 0.05) is 43.1 Å². The highest BCUT2D eigenvalue weighted by molar-refractivity contribution is 6.03. The van der Waals surface area contributed by atoms with Crippen molar-refractivity contribution >= 4 is 28.9 Å². The van der Waals surface area contributed by atoms with Crippen LogP contribution in [0.3, 0.4) is 0 Å². The van der Waals surface area contributed by atoms with Gasteiger partial charge in [-0.3, -0.25) is 9.59 Å². The lowest BCUT2D eigenvalue weighted by Gasteiger charge is -2.22. The molecule has 0 radical (unpaired) electrons. The second-order valence-corrected chi connectivity index (χ2v) is 6.95. The maximum absolute atomic E-state index is 12.5. The second-order valence-electron chi connectivity index (χ2n) is 6.95. The first-order valence-electron chi connectivity index (χ1n) is 9.54. The number of hydrogen-bond donors (Lipinski definition) is 1. The van der Waals surface area contributed by atoms with E-state index in [1.54, 1.807) is 4.90 Å². The molecular formula is C22H27N3O2. The molecule has 1 atom stereocenters. The highest BCUT2D eigenvalue weighted by Crippen LogP contribution is 2.28. The Bertz CT molecular complexity index is 795. The molecule has 142 valence electrons. The summed E-state index contributed by atoms with van der Waals surface area (Å²) >= 11 is 0. The Labute approximate surface area is 161 Å². The van der Waals surface area contributed by atoms with Crippen LogP contribution in [-0.4, -0.2) is 31.4 Å². The van der Waals surface area contributed by atoms with Crippen LogP contribution in [0.2, 0.25) is 0 Å². The molecule has 1 N–H and O–H groups in total. The Balaban J connectivity index is 1.66. The SMILES string of the molecule is CCN(CC)c1ccc(N2CC(C(=O)Nc3ccc(C)cc3)CC2=O)cc1. The van der Waals surface area contributed by atoms with Crippen LogP contribution in [0.4, 0.5) is 17.1 Å². The predicted octanol–water partition coefficient (Wildman–Crippen LogP) is 3.83. The first-order valence-corrected chi connectivity index (χ1v) is 9.54. The minimum atomic E-state index is -0.332. The Morgan fingerprint density at radius 1 is 1.07 bits per heavy atom. The minimum Gasteiger partial charge on any atom is -0.372 e. The van der Waals surface area contributed by atoms with Crippen LogP contribution in [0.1, 0.15) is 25.8 Å². The fraction of sp³-hybridized carbons (Fsp3) is 0.364. The van der Waals surface area contributed by atoms with E-state index in [2.05, 4.69) is 24.1 Å². The van der Waals surface area contributed by atoms with Crippen LogP contribution in [0.15, 0.2) is 48.5 Å². The van der Waals surface area contributed by atoms with E-state index in [1.165, 1.54) is 0 Å². The van der Waals surface area contributed by atoms with Gasteiger partial charge in [-0.2, -0.15) is 0 Å². The Morgan fingerprint density at radius 3 is 2.30 bits per heavy atom. The van der Waals surface area contributed by atoms with Crippen molar-refractivity contribution in [2.24, 2.45) is 5.92 Å². The van der Waals surface area contributed by atoms with Crippen LogP contribution in [0, 0.1) is 12.8 Å².